The number of nitrogens with one attached hydrogen (secondary N) is 1. The molecule has 4 heteroatoms. The van der Waals surface area contributed by atoms with Crippen molar-refractivity contribution in [1.29, 1.82) is 0 Å². The molecule has 3 nitrogen and oxygen atoms in total. The maximum absolute atomic E-state index is 11.7. The highest BCUT2D eigenvalue weighted by Crippen LogP contribution is 2.20. The fraction of sp³-hybridized carbons (Fsp3) is 0.462. The van der Waals surface area contributed by atoms with Crippen LogP contribution in [-0.4, -0.2) is 11.9 Å². The van der Waals surface area contributed by atoms with E-state index in [0.29, 0.717) is 6.42 Å². The van der Waals surface area contributed by atoms with E-state index in [1.165, 1.54) is 0 Å². The number of hydrogen-bond acceptors (Lipinski definition) is 2. The van der Waals surface area contributed by atoms with Gasteiger partial charge < -0.3 is 11.1 Å². The van der Waals surface area contributed by atoms with Crippen molar-refractivity contribution < 1.29 is 4.79 Å². The van der Waals surface area contributed by atoms with Crippen LogP contribution in [0, 0.1) is 6.92 Å². The molecule has 3 N–H and O–H groups in total. The summed E-state index contributed by atoms with van der Waals surface area (Å²) in [7, 11) is 0. The van der Waals surface area contributed by atoms with Crippen LogP contribution in [-0.2, 0) is 4.79 Å². The molecule has 1 rings (SSSR count). The predicted octanol–water partition coefficient (Wildman–Crippen LogP) is 3.21. The zero-order valence-corrected chi connectivity index (χ0v) is 11.9. The van der Waals surface area contributed by atoms with Gasteiger partial charge in [0, 0.05) is 22.6 Å². The van der Waals surface area contributed by atoms with Crippen LogP contribution in [0.15, 0.2) is 22.7 Å². The van der Waals surface area contributed by atoms with Gasteiger partial charge in [0.25, 0.3) is 0 Å². The molecule has 0 aromatic heterocycles. The quantitative estimate of drug-likeness (QED) is 0.877. The van der Waals surface area contributed by atoms with Crippen molar-refractivity contribution in [3.8, 4) is 0 Å². The van der Waals surface area contributed by atoms with E-state index in [-0.39, 0.29) is 11.9 Å². The number of halogens is 1. The second-order valence-electron chi connectivity index (χ2n) is 4.26. The molecule has 1 aromatic rings. The summed E-state index contributed by atoms with van der Waals surface area (Å²) in [6.07, 6.45) is 2.27. The van der Waals surface area contributed by atoms with Gasteiger partial charge in [-0.05, 0) is 37.1 Å². The minimum absolute atomic E-state index is 0.0172. The van der Waals surface area contributed by atoms with E-state index in [4.69, 9.17) is 5.73 Å². The van der Waals surface area contributed by atoms with Gasteiger partial charge in [0.15, 0.2) is 0 Å². The van der Waals surface area contributed by atoms with E-state index in [9.17, 15) is 4.79 Å². The van der Waals surface area contributed by atoms with Gasteiger partial charge in [-0.25, -0.2) is 0 Å². The van der Waals surface area contributed by atoms with Crippen molar-refractivity contribution in [2.45, 2.75) is 39.2 Å². The Kier molecular flexibility index (Phi) is 5.65. The molecule has 1 aromatic carbocycles. The SMILES string of the molecule is CCCC(N)CC(=O)Nc1ccc(Br)cc1C. The van der Waals surface area contributed by atoms with E-state index in [1.807, 2.05) is 25.1 Å². The van der Waals surface area contributed by atoms with Gasteiger partial charge in [-0.15, -0.1) is 0 Å². The third-order valence-electron chi connectivity index (χ3n) is 2.57. The number of carbonyl (C=O) groups excluding carboxylic acids is 1. The van der Waals surface area contributed by atoms with Crippen molar-refractivity contribution in [1.82, 2.24) is 0 Å². The molecule has 0 spiro atoms. The smallest absolute Gasteiger partial charge is 0.225 e. The zero-order chi connectivity index (χ0) is 12.8. The molecule has 94 valence electrons. The second-order valence-corrected chi connectivity index (χ2v) is 5.18. The minimum atomic E-state index is -0.0456. The fourth-order valence-electron chi connectivity index (χ4n) is 1.68. The Hall–Kier alpha value is -0.870. The molecular formula is C13H19BrN2O. The molecule has 0 radical (unpaired) electrons. The lowest BCUT2D eigenvalue weighted by atomic mass is 10.1. The average Bonchev–Trinajstić information content (AvgIpc) is 2.22. The number of benzene rings is 1. The molecule has 17 heavy (non-hydrogen) atoms. The van der Waals surface area contributed by atoms with Crippen molar-refractivity contribution in [3.05, 3.63) is 28.2 Å². The highest BCUT2D eigenvalue weighted by Gasteiger charge is 2.09. The van der Waals surface area contributed by atoms with Crippen molar-refractivity contribution >= 4 is 27.5 Å². The summed E-state index contributed by atoms with van der Waals surface area (Å²) in [4.78, 5) is 11.7. The minimum Gasteiger partial charge on any atom is -0.327 e. The van der Waals surface area contributed by atoms with Crippen LogP contribution in [0.2, 0.25) is 0 Å². The summed E-state index contributed by atoms with van der Waals surface area (Å²) in [6.45, 7) is 4.03. The molecule has 0 aliphatic rings. The van der Waals surface area contributed by atoms with Gasteiger partial charge in [0.2, 0.25) is 5.91 Å². The van der Waals surface area contributed by atoms with Crippen LogP contribution < -0.4 is 11.1 Å². The maximum Gasteiger partial charge on any atom is 0.225 e. The maximum atomic E-state index is 11.7. The lowest BCUT2D eigenvalue weighted by Gasteiger charge is -2.12. The summed E-state index contributed by atoms with van der Waals surface area (Å²) in [6, 6.07) is 5.73. The van der Waals surface area contributed by atoms with Gasteiger partial charge in [-0.1, -0.05) is 29.3 Å². The Morgan fingerprint density at radius 3 is 2.82 bits per heavy atom. The number of amides is 1. The molecule has 1 unspecified atom stereocenters. The third-order valence-corrected chi connectivity index (χ3v) is 3.06. The summed E-state index contributed by atoms with van der Waals surface area (Å²) < 4.78 is 1.01. The number of aryl methyl sites for hydroxylation is 1. The third kappa shape index (κ3) is 4.88. The van der Waals surface area contributed by atoms with Gasteiger partial charge in [0.1, 0.15) is 0 Å². The first-order valence-corrected chi connectivity index (χ1v) is 6.63. The van der Waals surface area contributed by atoms with Crippen molar-refractivity contribution in [2.24, 2.45) is 5.73 Å². The predicted molar refractivity (Wildman–Crippen MR) is 75.0 cm³/mol. The molecule has 0 aliphatic heterocycles. The van der Waals surface area contributed by atoms with Crippen molar-refractivity contribution in [3.63, 3.8) is 0 Å². The van der Waals surface area contributed by atoms with Gasteiger partial charge >= 0.3 is 0 Å². The van der Waals surface area contributed by atoms with E-state index in [2.05, 4.69) is 28.2 Å². The van der Waals surface area contributed by atoms with Crippen LogP contribution in [0.3, 0.4) is 0 Å². The summed E-state index contributed by atoms with van der Waals surface area (Å²) in [5.41, 5.74) is 7.72. The molecule has 0 saturated carbocycles. The molecule has 1 atom stereocenters. The number of nitrogens with two attached hydrogens (primary N) is 1. The normalized spacial score (nSPS) is 12.2. The number of carbonyl (C=O) groups is 1. The lowest BCUT2D eigenvalue weighted by molar-refractivity contribution is -0.116. The number of anilines is 1. The van der Waals surface area contributed by atoms with E-state index < -0.39 is 0 Å². The topological polar surface area (TPSA) is 55.1 Å². The Balaban J connectivity index is 2.56. The average molecular weight is 299 g/mol. The standard InChI is InChI=1S/C13H19BrN2O/c1-3-4-11(15)8-13(17)16-12-6-5-10(14)7-9(12)2/h5-7,11H,3-4,8,15H2,1-2H3,(H,16,17). The number of rotatable bonds is 5. The Morgan fingerprint density at radius 2 is 2.24 bits per heavy atom. The molecule has 1 amide bonds. The molecule has 0 saturated heterocycles. The van der Waals surface area contributed by atoms with Crippen molar-refractivity contribution in [2.75, 3.05) is 5.32 Å². The Bertz CT molecular complexity index is 393. The monoisotopic (exact) mass is 298 g/mol. The first-order valence-electron chi connectivity index (χ1n) is 5.84. The molecule has 0 aliphatic carbocycles. The fourth-order valence-corrected chi connectivity index (χ4v) is 2.16. The zero-order valence-electron chi connectivity index (χ0n) is 10.3. The van der Waals surface area contributed by atoms with Crippen LogP contribution in [0.5, 0.6) is 0 Å². The first kappa shape index (κ1) is 14.2. The number of hydrogen-bond donors (Lipinski definition) is 2. The van der Waals surface area contributed by atoms with Gasteiger partial charge in [-0.3, -0.25) is 4.79 Å². The largest absolute Gasteiger partial charge is 0.327 e. The molecule has 0 fully saturated rings. The van der Waals surface area contributed by atoms with Crippen LogP contribution >= 0.6 is 15.9 Å². The Morgan fingerprint density at radius 1 is 1.53 bits per heavy atom. The highest BCUT2D eigenvalue weighted by atomic mass is 79.9. The summed E-state index contributed by atoms with van der Waals surface area (Å²) >= 11 is 3.39. The molecule has 0 heterocycles. The van der Waals surface area contributed by atoms with Crippen LogP contribution in [0.1, 0.15) is 31.7 Å². The first-order chi connectivity index (χ1) is 8.02. The van der Waals surface area contributed by atoms with Gasteiger partial charge in [-0.2, -0.15) is 0 Å². The Labute approximate surface area is 111 Å². The summed E-state index contributed by atoms with van der Waals surface area (Å²) in [5.74, 6) is -0.0172. The summed E-state index contributed by atoms with van der Waals surface area (Å²) in [5, 5.41) is 2.89. The van der Waals surface area contributed by atoms with E-state index >= 15 is 0 Å². The van der Waals surface area contributed by atoms with Gasteiger partial charge in [0.05, 0.1) is 0 Å². The van der Waals surface area contributed by atoms with Crippen LogP contribution in [0.25, 0.3) is 0 Å². The second kappa shape index (κ2) is 6.77. The highest BCUT2D eigenvalue weighted by molar-refractivity contribution is 9.10. The van der Waals surface area contributed by atoms with E-state index in [1.54, 1.807) is 0 Å². The van der Waals surface area contributed by atoms with E-state index in [0.717, 1.165) is 28.6 Å². The van der Waals surface area contributed by atoms with Crippen LogP contribution in [0.4, 0.5) is 5.69 Å². The molecular weight excluding hydrogens is 280 g/mol. The lowest BCUT2D eigenvalue weighted by Crippen LogP contribution is -2.27. The molecule has 0 bridgehead atoms.